The van der Waals surface area contributed by atoms with Gasteiger partial charge in [0, 0.05) is 47.8 Å². The molecule has 7 heteroatoms. The predicted octanol–water partition coefficient (Wildman–Crippen LogP) is 6.16. The molecule has 5 rings (SSSR count). The van der Waals surface area contributed by atoms with Crippen molar-refractivity contribution in [3.05, 3.63) is 46.7 Å². The van der Waals surface area contributed by atoms with E-state index in [1.165, 1.54) is 22.2 Å². The number of fused-ring (bicyclic) bond motifs is 3. The van der Waals surface area contributed by atoms with Gasteiger partial charge < -0.3 is 14.5 Å². The van der Waals surface area contributed by atoms with Crippen molar-refractivity contribution < 1.29 is 13.9 Å². The number of piperidine rings is 1. The third-order valence-electron chi connectivity index (χ3n) is 6.26. The summed E-state index contributed by atoms with van der Waals surface area (Å²) < 4.78 is 20.3. The van der Waals surface area contributed by atoms with E-state index in [4.69, 9.17) is 16.3 Å². The van der Waals surface area contributed by atoms with Crippen LogP contribution in [0.5, 0.6) is 0 Å². The Kier molecular flexibility index (Phi) is 5.13. The first-order valence-corrected chi connectivity index (χ1v) is 12.1. The molecule has 0 aliphatic carbocycles. The number of nitrogens with zero attached hydrogens (tertiary/aromatic N) is 2. The summed E-state index contributed by atoms with van der Waals surface area (Å²) in [6, 6.07) is 9.33. The van der Waals surface area contributed by atoms with Crippen LogP contribution in [0.4, 0.5) is 14.9 Å². The van der Waals surface area contributed by atoms with Crippen LogP contribution in [-0.2, 0) is 4.74 Å². The molecule has 2 aromatic carbocycles. The Morgan fingerprint density at radius 1 is 1.26 bits per heavy atom. The minimum atomic E-state index is -0.519. The molecule has 164 valence electrons. The van der Waals surface area contributed by atoms with Gasteiger partial charge in [0.2, 0.25) is 0 Å². The van der Waals surface area contributed by atoms with E-state index < -0.39 is 5.60 Å². The van der Waals surface area contributed by atoms with Crippen molar-refractivity contribution in [1.29, 1.82) is 0 Å². The maximum absolute atomic E-state index is 14.7. The van der Waals surface area contributed by atoms with E-state index >= 15 is 0 Å². The zero-order chi connectivity index (χ0) is 21.9. The standard InChI is InChI=1S/C24H26ClFN2O2S/c1-24(2,3)30-23(29)27-8-7-19-16(13-27)15-11-14(21-17(25)5-4-6-18(21)26)12-20-22(15)28(19)9-10-31-20/h4-6,11-12,16,19H,7-10,13H2,1-3H3/t16-,19-/m0/s1. The van der Waals surface area contributed by atoms with Gasteiger partial charge in [-0.05, 0) is 62.6 Å². The average molecular weight is 461 g/mol. The van der Waals surface area contributed by atoms with Crippen LogP contribution in [0.15, 0.2) is 35.2 Å². The lowest BCUT2D eigenvalue weighted by atomic mass is 9.88. The SMILES string of the molecule is CC(C)(C)OC(=O)N1CC[C@H]2[C@@H](C1)c1cc(-c3c(F)cccc3Cl)cc3c1N2CCS3. The van der Waals surface area contributed by atoms with Gasteiger partial charge in [-0.1, -0.05) is 17.7 Å². The largest absolute Gasteiger partial charge is 0.444 e. The predicted molar refractivity (Wildman–Crippen MR) is 124 cm³/mol. The van der Waals surface area contributed by atoms with Crippen molar-refractivity contribution in [2.45, 2.75) is 49.6 Å². The summed E-state index contributed by atoms with van der Waals surface area (Å²) >= 11 is 8.21. The Morgan fingerprint density at radius 2 is 2.06 bits per heavy atom. The molecule has 2 aromatic rings. The first-order valence-electron chi connectivity index (χ1n) is 10.7. The number of rotatable bonds is 1. The van der Waals surface area contributed by atoms with Crippen LogP contribution in [0, 0.1) is 5.82 Å². The van der Waals surface area contributed by atoms with Crippen LogP contribution >= 0.6 is 23.4 Å². The van der Waals surface area contributed by atoms with Gasteiger partial charge in [0.1, 0.15) is 11.4 Å². The molecule has 2 atom stereocenters. The van der Waals surface area contributed by atoms with E-state index in [1.807, 2.05) is 37.4 Å². The second-order valence-corrected chi connectivity index (χ2v) is 11.0. The molecule has 1 saturated heterocycles. The van der Waals surface area contributed by atoms with Crippen molar-refractivity contribution >= 4 is 35.1 Å². The third-order valence-corrected chi connectivity index (χ3v) is 7.58. The number of amides is 1. The highest BCUT2D eigenvalue weighted by molar-refractivity contribution is 7.99. The van der Waals surface area contributed by atoms with Crippen LogP contribution in [0.1, 0.15) is 38.7 Å². The van der Waals surface area contributed by atoms with Gasteiger partial charge in [0.05, 0.1) is 10.7 Å². The highest BCUT2D eigenvalue weighted by Gasteiger charge is 2.45. The molecule has 0 unspecified atom stereocenters. The number of likely N-dealkylation sites (tertiary alicyclic amines) is 1. The van der Waals surface area contributed by atoms with Crippen molar-refractivity contribution in [3.8, 4) is 11.1 Å². The Morgan fingerprint density at radius 3 is 2.81 bits per heavy atom. The van der Waals surface area contributed by atoms with E-state index in [9.17, 15) is 9.18 Å². The zero-order valence-corrected chi connectivity index (χ0v) is 19.5. The molecule has 3 aliphatic rings. The summed E-state index contributed by atoms with van der Waals surface area (Å²) in [5.41, 5.74) is 3.19. The van der Waals surface area contributed by atoms with Crippen LogP contribution in [0.2, 0.25) is 5.02 Å². The molecule has 31 heavy (non-hydrogen) atoms. The zero-order valence-electron chi connectivity index (χ0n) is 18.0. The monoisotopic (exact) mass is 460 g/mol. The van der Waals surface area contributed by atoms with E-state index in [-0.39, 0.29) is 17.8 Å². The molecular weight excluding hydrogens is 435 g/mol. The Balaban J connectivity index is 1.55. The lowest BCUT2D eigenvalue weighted by Crippen LogP contribution is -2.50. The van der Waals surface area contributed by atoms with Gasteiger partial charge >= 0.3 is 6.09 Å². The van der Waals surface area contributed by atoms with Gasteiger partial charge in [-0.25, -0.2) is 9.18 Å². The van der Waals surface area contributed by atoms with Crippen LogP contribution in [0.3, 0.4) is 0 Å². The van der Waals surface area contributed by atoms with Crippen LogP contribution in [-0.4, -0.2) is 48.0 Å². The number of ether oxygens (including phenoxy) is 1. The number of thioether (sulfide) groups is 1. The van der Waals surface area contributed by atoms with Gasteiger partial charge in [0.15, 0.2) is 0 Å². The average Bonchev–Trinajstić information content (AvgIpc) is 3.02. The number of hydrogen-bond acceptors (Lipinski definition) is 4. The molecule has 0 N–H and O–H groups in total. The highest BCUT2D eigenvalue weighted by Crippen LogP contribution is 2.53. The second-order valence-electron chi connectivity index (χ2n) is 9.44. The van der Waals surface area contributed by atoms with Gasteiger partial charge in [0.25, 0.3) is 0 Å². The van der Waals surface area contributed by atoms with E-state index in [2.05, 4.69) is 17.0 Å². The van der Waals surface area contributed by atoms with E-state index in [1.54, 1.807) is 12.1 Å². The maximum Gasteiger partial charge on any atom is 0.410 e. The molecule has 4 nitrogen and oxygen atoms in total. The molecule has 3 heterocycles. The number of benzene rings is 2. The Bertz CT molecular complexity index is 1030. The Labute approximate surface area is 191 Å². The van der Waals surface area contributed by atoms with Gasteiger partial charge in [-0.15, -0.1) is 11.8 Å². The smallest absolute Gasteiger partial charge is 0.410 e. The number of anilines is 1. The first kappa shape index (κ1) is 21.0. The van der Waals surface area contributed by atoms with E-state index in [0.717, 1.165) is 24.3 Å². The summed E-state index contributed by atoms with van der Waals surface area (Å²) in [6.45, 7) is 7.97. The molecule has 0 spiro atoms. The lowest BCUT2D eigenvalue weighted by molar-refractivity contribution is 0.0189. The van der Waals surface area contributed by atoms with Crippen molar-refractivity contribution in [2.24, 2.45) is 0 Å². The second kappa shape index (κ2) is 7.59. The summed E-state index contributed by atoms with van der Waals surface area (Å²) in [5.74, 6) is 0.866. The normalized spacial score (nSPS) is 22.2. The topological polar surface area (TPSA) is 32.8 Å². The van der Waals surface area contributed by atoms with Crippen LogP contribution < -0.4 is 4.90 Å². The van der Waals surface area contributed by atoms with Crippen molar-refractivity contribution in [3.63, 3.8) is 0 Å². The number of hydrogen-bond donors (Lipinski definition) is 0. The van der Waals surface area contributed by atoms with Crippen molar-refractivity contribution in [1.82, 2.24) is 4.90 Å². The fourth-order valence-electron chi connectivity index (χ4n) is 5.06. The van der Waals surface area contributed by atoms with Crippen molar-refractivity contribution in [2.75, 3.05) is 30.3 Å². The molecule has 1 amide bonds. The quantitative estimate of drug-likeness (QED) is 0.509. The third kappa shape index (κ3) is 3.68. The van der Waals surface area contributed by atoms with E-state index in [0.29, 0.717) is 29.7 Å². The Hall–Kier alpha value is -1.92. The molecule has 3 aliphatic heterocycles. The number of halogens is 2. The number of carbonyl (C=O) groups excluding carboxylic acids is 1. The summed E-state index contributed by atoms with van der Waals surface area (Å²) in [4.78, 5) is 18.2. The highest BCUT2D eigenvalue weighted by atomic mass is 35.5. The fourth-order valence-corrected chi connectivity index (χ4v) is 6.42. The molecular formula is C24H26ClFN2O2S. The van der Waals surface area contributed by atoms with Gasteiger partial charge in [-0.3, -0.25) is 0 Å². The number of carbonyl (C=O) groups is 1. The molecule has 0 radical (unpaired) electrons. The minimum Gasteiger partial charge on any atom is -0.444 e. The molecule has 0 bridgehead atoms. The molecule has 0 aromatic heterocycles. The summed E-state index contributed by atoms with van der Waals surface area (Å²) in [5, 5.41) is 0.415. The summed E-state index contributed by atoms with van der Waals surface area (Å²) in [7, 11) is 0. The summed E-state index contributed by atoms with van der Waals surface area (Å²) in [6.07, 6.45) is 0.641. The lowest BCUT2D eigenvalue weighted by Gasteiger charge is -2.40. The fraction of sp³-hybridized carbons (Fsp3) is 0.458. The van der Waals surface area contributed by atoms with Crippen LogP contribution in [0.25, 0.3) is 11.1 Å². The first-order chi connectivity index (χ1) is 14.7. The molecule has 0 saturated carbocycles. The van der Waals surface area contributed by atoms with Gasteiger partial charge in [-0.2, -0.15) is 0 Å². The maximum atomic E-state index is 14.7. The molecule has 1 fully saturated rings. The minimum absolute atomic E-state index is 0.180.